The van der Waals surface area contributed by atoms with Crippen LogP contribution in [0.15, 0.2) is 29.2 Å². The van der Waals surface area contributed by atoms with Gasteiger partial charge in [-0.2, -0.15) is 0 Å². The standard InChI is InChI=1S/C13H19N3O4S/c1-15(10-11-6-8-14-9-7-11)21(19,20)13-5-3-2-4-12(13)16(17)18/h2-5,11,14H,6-10H2,1H3. The molecule has 1 aliphatic rings. The summed E-state index contributed by atoms with van der Waals surface area (Å²) in [5, 5.41) is 14.2. The van der Waals surface area contributed by atoms with E-state index in [4.69, 9.17) is 0 Å². The van der Waals surface area contributed by atoms with Gasteiger partial charge in [0.2, 0.25) is 10.0 Å². The fourth-order valence-corrected chi connectivity index (χ4v) is 3.92. The third kappa shape index (κ3) is 3.58. The summed E-state index contributed by atoms with van der Waals surface area (Å²) in [6.45, 7) is 2.14. The van der Waals surface area contributed by atoms with E-state index in [0.29, 0.717) is 6.54 Å². The molecule has 0 unspecified atom stereocenters. The Morgan fingerprint density at radius 1 is 1.33 bits per heavy atom. The molecule has 1 aromatic carbocycles. The maximum Gasteiger partial charge on any atom is 0.289 e. The zero-order valence-corrected chi connectivity index (χ0v) is 12.7. The van der Waals surface area contributed by atoms with Crippen molar-refractivity contribution in [2.75, 3.05) is 26.7 Å². The van der Waals surface area contributed by atoms with Crippen molar-refractivity contribution in [2.45, 2.75) is 17.7 Å². The highest BCUT2D eigenvalue weighted by Gasteiger charge is 2.30. The molecule has 8 heteroatoms. The second-order valence-electron chi connectivity index (χ2n) is 5.20. The molecule has 7 nitrogen and oxygen atoms in total. The Hall–Kier alpha value is -1.51. The number of rotatable bonds is 5. The summed E-state index contributed by atoms with van der Waals surface area (Å²) < 4.78 is 26.3. The van der Waals surface area contributed by atoms with E-state index < -0.39 is 14.9 Å². The average Bonchev–Trinajstić information content (AvgIpc) is 2.48. The normalized spacial score (nSPS) is 17.0. The Morgan fingerprint density at radius 2 is 1.95 bits per heavy atom. The molecule has 1 heterocycles. The number of nitrogens with zero attached hydrogens (tertiary/aromatic N) is 2. The molecule has 0 radical (unpaired) electrons. The number of para-hydroxylation sites is 1. The fourth-order valence-electron chi connectivity index (χ4n) is 2.52. The van der Waals surface area contributed by atoms with E-state index in [1.165, 1.54) is 35.6 Å². The Kier molecular flexibility index (Phi) is 4.92. The summed E-state index contributed by atoms with van der Waals surface area (Å²) in [5.74, 6) is 0.286. The molecule has 1 aliphatic heterocycles. The van der Waals surface area contributed by atoms with Crippen LogP contribution < -0.4 is 5.32 Å². The number of nitro benzene ring substituents is 1. The van der Waals surface area contributed by atoms with E-state index in [9.17, 15) is 18.5 Å². The van der Waals surface area contributed by atoms with Gasteiger partial charge in [-0.3, -0.25) is 10.1 Å². The van der Waals surface area contributed by atoms with E-state index in [-0.39, 0.29) is 16.5 Å². The molecule has 2 rings (SSSR count). The predicted octanol–water partition coefficient (Wildman–Crippen LogP) is 1.21. The first-order valence-corrected chi connectivity index (χ1v) is 8.27. The van der Waals surface area contributed by atoms with Crippen LogP contribution in [0.3, 0.4) is 0 Å². The van der Waals surface area contributed by atoms with E-state index in [0.717, 1.165) is 25.9 Å². The molecule has 21 heavy (non-hydrogen) atoms. The van der Waals surface area contributed by atoms with Crippen molar-refractivity contribution < 1.29 is 13.3 Å². The average molecular weight is 313 g/mol. The molecule has 1 fully saturated rings. The molecular formula is C13H19N3O4S. The van der Waals surface area contributed by atoms with Gasteiger partial charge in [-0.25, -0.2) is 12.7 Å². The first kappa shape index (κ1) is 15.9. The third-order valence-electron chi connectivity index (χ3n) is 3.72. The molecule has 1 saturated heterocycles. The summed E-state index contributed by atoms with van der Waals surface area (Å²) in [7, 11) is -2.36. The van der Waals surface area contributed by atoms with Gasteiger partial charge in [0.15, 0.2) is 4.90 Å². The van der Waals surface area contributed by atoms with E-state index in [2.05, 4.69) is 5.32 Å². The summed E-state index contributed by atoms with van der Waals surface area (Å²) >= 11 is 0. The zero-order chi connectivity index (χ0) is 15.5. The second-order valence-corrected chi connectivity index (χ2v) is 7.22. The van der Waals surface area contributed by atoms with Crippen LogP contribution in [0.5, 0.6) is 0 Å². The number of nitro groups is 1. The van der Waals surface area contributed by atoms with Crippen LogP contribution in [0.2, 0.25) is 0 Å². The lowest BCUT2D eigenvalue weighted by Crippen LogP contribution is -2.37. The van der Waals surface area contributed by atoms with Crippen molar-refractivity contribution in [1.82, 2.24) is 9.62 Å². The Labute approximate surface area is 124 Å². The molecule has 1 aromatic rings. The van der Waals surface area contributed by atoms with E-state index in [1.54, 1.807) is 0 Å². The van der Waals surface area contributed by atoms with Gasteiger partial charge < -0.3 is 5.32 Å². The van der Waals surface area contributed by atoms with Crippen molar-refractivity contribution in [3.8, 4) is 0 Å². The molecule has 0 bridgehead atoms. The Balaban J connectivity index is 2.22. The van der Waals surface area contributed by atoms with Crippen LogP contribution in [0, 0.1) is 16.0 Å². The summed E-state index contributed by atoms with van der Waals surface area (Å²) in [4.78, 5) is 10.1. The van der Waals surface area contributed by atoms with Gasteiger partial charge in [-0.1, -0.05) is 12.1 Å². The minimum atomic E-state index is -3.84. The van der Waals surface area contributed by atoms with Crippen LogP contribution in [-0.2, 0) is 10.0 Å². The smallest absolute Gasteiger partial charge is 0.289 e. The van der Waals surface area contributed by atoms with Crippen LogP contribution in [0.4, 0.5) is 5.69 Å². The van der Waals surface area contributed by atoms with Gasteiger partial charge in [-0.05, 0) is 37.9 Å². The molecule has 116 valence electrons. The van der Waals surface area contributed by atoms with Crippen LogP contribution >= 0.6 is 0 Å². The van der Waals surface area contributed by atoms with Crippen molar-refractivity contribution in [3.05, 3.63) is 34.4 Å². The quantitative estimate of drug-likeness (QED) is 0.651. The number of hydrogen-bond acceptors (Lipinski definition) is 5. The van der Waals surface area contributed by atoms with Gasteiger partial charge in [-0.15, -0.1) is 0 Å². The SMILES string of the molecule is CN(CC1CCNCC1)S(=O)(=O)c1ccccc1[N+](=O)[O-]. The molecule has 0 saturated carbocycles. The Bertz CT molecular complexity index is 612. The van der Waals surface area contributed by atoms with Gasteiger partial charge in [0.1, 0.15) is 0 Å². The molecule has 0 aliphatic carbocycles. The number of benzene rings is 1. The fraction of sp³-hybridized carbons (Fsp3) is 0.538. The van der Waals surface area contributed by atoms with Crippen LogP contribution in [0.1, 0.15) is 12.8 Å². The topological polar surface area (TPSA) is 92.6 Å². The molecule has 0 spiro atoms. The third-order valence-corrected chi connectivity index (χ3v) is 5.59. The zero-order valence-electron chi connectivity index (χ0n) is 11.9. The summed E-state index contributed by atoms with van der Waals surface area (Å²) in [6, 6.07) is 5.46. The second kappa shape index (κ2) is 6.50. The molecule has 0 aromatic heterocycles. The molecule has 1 N–H and O–H groups in total. The Morgan fingerprint density at radius 3 is 2.57 bits per heavy atom. The van der Waals surface area contributed by atoms with Gasteiger partial charge in [0, 0.05) is 19.7 Å². The van der Waals surface area contributed by atoms with Crippen molar-refractivity contribution >= 4 is 15.7 Å². The lowest BCUT2D eigenvalue weighted by Gasteiger charge is -2.27. The van der Waals surface area contributed by atoms with E-state index in [1.807, 2.05) is 0 Å². The number of nitrogens with one attached hydrogen (secondary N) is 1. The maximum atomic E-state index is 12.5. The highest BCUT2D eigenvalue weighted by Crippen LogP contribution is 2.26. The minimum absolute atomic E-state index is 0.244. The first-order valence-electron chi connectivity index (χ1n) is 6.83. The number of sulfonamides is 1. The summed E-state index contributed by atoms with van der Waals surface area (Å²) in [6.07, 6.45) is 1.83. The predicted molar refractivity (Wildman–Crippen MR) is 78.5 cm³/mol. The largest absolute Gasteiger partial charge is 0.317 e. The molecular weight excluding hydrogens is 294 g/mol. The van der Waals surface area contributed by atoms with Crippen LogP contribution in [0.25, 0.3) is 0 Å². The van der Waals surface area contributed by atoms with Crippen molar-refractivity contribution in [3.63, 3.8) is 0 Å². The first-order chi connectivity index (χ1) is 9.93. The monoisotopic (exact) mass is 313 g/mol. The van der Waals surface area contributed by atoms with Crippen molar-refractivity contribution in [1.29, 1.82) is 0 Å². The minimum Gasteiger partial charge on any atom is -0.317 e. The van der Waals surface area contributed by atoms with Gasteiger partial charge >= 0.3 is 0 Å². The maximum absolute atomic E-state index is 12.5. The number of piperidine rings is 1. The summed E-state index contributed by atoms with van der Waals surface area (Å²) in [5.41, 5.74) is -0.380. The van der Waals surface area contributed by atoms with Gasteiger partial charge in [0.25, 0.3) is 5.69 Å². The molecule has 0 amide bonds. The van der Waals surface area contributed by atoms with E-state index >= 15 is 0 Å². The highest BCUT2D eigenvalue weighted by atomic mass is 32.2. The van der Waals surface area contributed by atoms with Crippen LogP contribution in [-0.4, -0.2) is 44.3 Å². The molecule has 0 atom stereocenters. The number of hydrogen-bond donors (Lipinski definition) is 1. The van der Waals surface area contributed by atoms with Gasteiger partial charge in [0.05, 0.1) is 4.92 Å². The van der Waals surface area contributed by atoms with Crippen molar-refractivity contribution in [2.24, 2.45) is 5.92 Å². The lowest BCUT2D eigenvalue weighted by atomic mass is 9.98. The lowest BCUT2D eigenvalue weighted by molar-refractivity contribution is -0.387. The highest BCUT2D eigenvalue weighted by molar-refractivity contribution is 7.89.